The molecule has 2 rings (SSSR count). The summed E-state index contributed by atoms with van der Waals surface area (Å²) in [4.78, 5) is 26.5. The number of nitrogens with one attached hydrogen (secondary N) is 1. The van der Waals surface area contributed by atoms with Gasteiger partial charge in [0.15, 0.2) is 5.65 Å². The molecule has 94 valence electrons. The van der Waals surface area contributed by atoms with Crippen molar-refractivity contribution in [2.45, 2.75) is 6.92 Å². The summed E-state index contributed by atoms with van der Waals surface area (Å²) in [6.07, 6.45) is 4.65. The number of carboxylic acids is 1. The molecule has 1 atom stereocenters. The number of hydrogen-bond donors (Lipinski definition) is 2. The van der Waals surface area contributed by atoms with Crippen LogP contribution in [0.15, 0.2) is 24.7 Å². The van der Waals surface area contributed by atoms with Crippen LogP contribution in [0.4, 0.5) is 0 Å². The highest BCUT2D eigenvalue weighted by Gasteiger charge is 2.16. The first kappa shape index (κ1) is 12.0. The number of hydrogen-bond acceptors (Lipinski definition) is 4. The second-order valence-electron chi connectivity index (χ2n) is 3.90. The third-order valence-corrected chi connectivity index (χ3v) is 2.51. The minimum atomic E-state index is -0.951. The van der Waals surface area contributed by atoms with Crippen molar-refractivity contribution in [3.05, 3.63) is 30.2 Å². The standard InChI is InChI=1S/C11H12N4O3/c1-7(11(17)18)5-13-10(16)8-6-14-15-4-2-3-12-9(8)15/h2-4,6-7H,5H2,1H3,(H,13,16)(H,17,18). The number of carbonyl (C=O) groups excluding carboxylic acids is 1. The van der Waals surface area contributed by atoms with Crippen LogP contribution in [0.3, 0.4) is 0 Å². The number of aromatic nitrogens is 3. The van der Waals surface area contributed by atoms with Gasteiger partial charge in [0, 0.05) is 18.9 Å². The Hall–Kier alpha value is -2.44. The Morgan fingerprint density at radius 2 is 2.33 bits per heavy atom. The van der Waals surface area contributed by atoms with Crippen LogP contribution in [0.2, 0.25) is 0 Å². The van der Waals surface area contributed by atoms with Crippen molar-refractivity contribution in [3.63, 3.8) is 0 Å². The number of aliphatic carboxylic acids is 1. The molecule has 0 saturated heterocycles. The number of amides is 1. The summed E-state index contributed by atoms with van der Waals surface area (Å²) < 4.78 is 1.48. The molecule has 2 heterocycles. The molecule has 2 aromatic heterocycles. The minimum absolute atomic E-state index is 0.0678. The Kier molecular flexibility index (Phi) is 3.22. The second-order valence-corrected chi connectivity index (χ2v) is 3.90. The van der Waals surface area contributed by atoms with Crippen LogP contribution in [0.5, 0.6) is 0 Å². The van der Waals surface area contributed by atoms with Gasteiger partial charge >= 0.3 is 5.97 Å². The van der Waals surface area contributed by atoms with Gasteiger partial charge in [0.25, 0.3) is 5.91 Å². The van der Waals surface area contributed by atoms with Crippen LogP contribution >= 0.6 is 0 Å². The van der Waals surface area contributed by atoms with E-state index in [0.29, 0.717) is 11.2 Å². The first-order chi connectivity index (χ1) is 8.59. The van der Waals surface area contributed by atoms with Gasteiger partial charge in [-0.05, 0) is 6.07 Å². The SMILES string of the molecule is CC(CNC(=O)c1cnn2cccnc12)C(=O)O. The molecule has 0 aliphatic carbocycles. The Morgan fingerprint density at radius 3 is 3.06 bits per heavy atom. The Labute approximate surface area is 102 Å². The van der Waals surface area contributed by atoms with Crippen molar-refractivity contribution in [1.82, 2.24) is 19.9 Å². The molecular formula is C11H12N4O3. The van der Waals surface area contributed by atoms with Crippen molar-refractivity contribution >= 4 is 17.5 Å². The summed E-state index contributed by atoms with van der Waals surface area (Å²) in [5, 5.41) is 15.2. The molecule has 18 heavy (non-hydrogen) atoms. The summed E-state index contributed by atoms with van der Waals surface area (Å²) in [6.45, 7) is 1.59. The summed E-state index contributed by atoms with van der Waals surface area (Å²) in [5.41, 5.74) is 0.770. The molecule has 0 aliphatic rings. The Morgan fingerprint density at radius 1 is 1.56 bits per heavy atom. The lowest BCUT2D eigenvalue weighted by molar-refractivity contribution is -0.140. The van der Waals surface area contributed by atoms with Gasteiger partial charge in [-0.15, -0.1) is 0 Å². The van der Waals surface area contributed by atoms with E-state index in [9.17, 15) is 9.59 Å². The lowest BCUT2D eigenvalue weighted by atomic mass is 10.2. The van der Waals surface area contributed by atoms with E-state index in [2.05, 4.69) is 15.4 Å². The fourth-order valence-corrected chi connectivity index (χ4v) is 1.42. The molecule has 2 aromatic rings. The highest BCUT2D eigenvalue weighted by molar-refractivity contribution is 5.99. The van der Waals surface area contributed by atoms with Crippen LogP contribution in [-0.2, 0) is 4.79 Å². The molecule has 0 aliphatic heterocycles. The zero-order valence-corrected chi connectivity index (χ0v) is 9.70. The van der Waals surface area contributed by atoms with E-state index in [0.717, 1.165) is 0 Å². The van der Waals surface area contributed by atoms with E-state index in [-0.39, 0.29) is 12.5 Å². The maximum absolute atomic E-state index is 11.8. The van der Waals surface area contributed by atoms with Crippen LogP contribution in [0.25, 0.3) is 5.65 Å². The first-order valence-electron chi connectivity index (χ1n) is 5.39. The number of rotatable bonds is 4. The molecule has 7 heteroatoms. The highest BCUT2D eigenvalue weighted by Crippen LogP contribution is 2.06. The predicted molar refractivity (Wildman–Crippen MR) is 62.1 cm³/mol. The molecule has 0 radical (unpaired) electrons. The molecule has 2 N–H and O–H groups in total. The smallest absolute Gasteiger partial charge is 0.308 e. The monoisotopic (exact) mass is 248 g/mol. The zero-order valence-electron chi connectivity index (χ0n) is 9.70. The highest BCUT2D eigenvalue weighted by atomic mass is 16.4. The molecule has 1 amide bonds. The van der Waals surface area contributed by atoms with E-state index in [1.165, 1.54) is 17.6 Å². The molecule has 0 bridgehead atoms. The fourth-order valence-electron chi connectivity index (χ4n) is 1.42. The summed E-state index contributed by atoms with van der Waals surface area (Å²) in [6, 6.07) is 1.70. The quantitative estimate of drug-likeness (QED) is 0.804. The van der Waals surface area contributed by atoms with Gasteiger partial charge in [0.05, 0.1) is 12.1 Å². The average Bonchev–Trinajstić information content (AvgIpc) is 2.79. The van der Waals surface area contributed by atoms with Crippen molar-refractivity contribution in [3.8, 4) is 0 Å². The molecule has 0 spiro atoms. The van der Waals surface area contributed by atoms with E-state index < -0.39 is 11.9 Å². The van der Waals surface area contributed by atoms with Gasteiger partial charge in [-0.25, -0.2) is 9.50 Å². The number of carbonyl (C=O) groups is 2. The second kappa shape index (κ2) is 4.82. The van der Waals surface area contributed by atoms with Gasteiger partial charge in [0.1, 0.15) is 5.56 Å². The van der Waals surface area contributed by atoms with Crippen molar-refractivity contribution in [1.29, 1.82) is 0 Å². The van der Waals surface area contributed by atoms with Crippen LogP contribution in [0, 0.1) is 5.92 Å². The summed E-state index contributed by atoms with van der Waals surface area (Å²) in [7, 11) is 0. The molecule has 1 unspecified atom stereocenters. The van der Waals surface area contributed by atoms with Crippen LogP contribution in [-0.4, -0.2) is 38.1 Å². The maximum Gasteiger partial charge on any atom is 0.308 e. The van der Waals surface area contributed by atoms with Gasteiger partial charge in [-0.1, -0.05) is 6.92 Å². The average molecular weight is 248 g/mol. The number of carboxylic acid groups (broad SMARTS) is 1. The summed E-state index contributed by atoms with van der Waals surface area (Å²) >= 11 is 0. The normalized spacial score (nSPS) is 12.3. The van der Waals surface area contributed by atoms with Gasteiger partial charge in [0.2, 0.25) is 0 Å². The van der Waals surface area contributed by atoms with E-state index in [1.54, 1.807) is 18.5 Å². The third kappa shape index (κ3) is 2.29. The first-order valence-corrected chi connectivity index (χ1v) is 5.39. The number of nitrogens with zero attached hydrogens (tertiary/aromatic N) is 3. The molecule has 0 aromatic carbocycles. The van der Waals surface area contributed by atoms with Gasteiger partial charge < -0.3 is 10.4 Å². The fraction of sp³-hybridized carbons (Fsp3) is 0.273. The molecule has 0 saturated carbocycles. The summed E-state index contributed by atoms with van der Waals surface area (Å²) in [5.74, 6) is -1.96. The lowest BCUT2D eigenvalue weighted by Crippen LogP contribution is -2.31. The maximum atomic E-state index is 11.8. The van der Waals surface area contributed by atoms with Gasteiger partial charge in [-0.3, -0.25) is 9.59 Å². The van der Waals surface area contributed by atoms with E-state index in [1.807, 2.05) is 0 Å². The van der Waals surface area contributed by atoms with E-state index in [4.69, 9.17) is 5.11 Å². The molecular weight excluding hydrogens is 236 g/mol. The van der Waals surface area contributed by atoms with E-state index >= 15 is 0 Å². The zero-order chi connectivity index (χ0) is 13.1. The number of fused-ring (bicyclic) bond motifs is 1. The van der Waals surface area contributed by atoms with Crippen molar-refractivity contribution < 1.29 is 14.7 Å². The molecule has 7 nitrogen and oxygen atoms in total. The van der Waals surface area contributed by atoms with Gasteiger partial charge in [-0.2, -0.15) is 5.10 Å². The topological polar surface area (TPSA) is 96.6 Å². The van der Waals surface area contributed by atoms with Crippen molar-refractivity contribution in [2.75, 3.05) is 6.54 Å². The Balaban J connectivity index is 2.12. The largest absolute Gasteiger partial charge is 0.481 e. The van der Waals surface area contributed by atoms with Crippen LogP contribution < -0.4 is 5.32 Å². The van der Waals surface area contributed by atoms with Crippen molar-refractivity contribution in [2.24, 2.45) is 5.92 Å². The Bertz CT molecular complexity index is 593. The van der Waals surface area contributed by atoms with Crippen LogP contribution in [0.1, 0.15) is 17.3 Å². The third-order valence-electron chi connectivity index (χ3n) is 2.51. The minimum Gasteiger partial charge on any atom is -0.481 e. The lowest BCUT2D eigenvalue weighted by Gasteiger charge is -2.07. The molecule has 0 fully saturated rings. The predicted octanol–water partition coefficient (Wildman–Crippen LogP) is 0.180.